The van der Waals surface area contributed by atoms with Crippen LogP contribution in [0.25, 0.3) is 0 Å². The van der Waals surface area contributed by atoms with Crippen LogP contribution in [-0.2, 0) is 28.6 Å². The molecule has 0 N–H and O–H groups in total. The Labute approximate surface area is 384 Å². The van der Waals surface area contributed by atoms with Gasteiger partial charge in [-0.15, -0.1) is 0 Å². The van der Waals surface area contributed by atoms with Gasteiger partial charge in [0.1, 0.15) is 12.6 Å². The van der Waals surface area contributed by atoms with E-state index in [-0.39, 0.29) is 42.7 Å². The Bertz CT molecular complexity index is 1020. The molecule has 0 bridgehead atoms. The molecule has 2 unspecified atom stereocenters. The first-order chi connectivity index (χ1) is 30.1. The summed E-state index contributed by atoms with van der Waals surface area (Å²) in [7, 11) is 5.43. The van der Waals surface area contributed by atoms with Crippen LogP contribution in [0, 0.1) is 0 Å². The number of aliphatic carboxylic acids is 1. The lowest BCUT2D eigenvalue weighted by Crippen LogP contribution is -2.55. The first-order valence-corrected chi connectivity index (χ1v) is 26.7. The molecule has 2 atom stereocenters. The quantitative estimate of drug-likeness (QED) is 0.0260. The van der Waals surface area contributed by atoms with Gasteiger partial charge < -0.3 is 28.6 Å². The second kappa shape index (κ2) is 45.6. The van der Waals surface area contributed by atoms with E-state index in [0.717, 1.165) is 44.9 Å². The molecule has 0 heterocycles. The highest BCUT2D eigenvalue weighted by Crippen LogP contribution is 2.17. The average Bonchev–Trinajstić information content (AvgIpc) is 3.23. The van der Waals surface area contributed by atoms with Crippen LogP contribution in [0.2, 0.25) is 0 Å². The second-order valence-corrected chi connectivity index (χ2v) is 19.5. The number of ether oxygens (including phenoxy) is 3. The molecule has 0 rings (SSSR count). The fraction of sp³-hybridized carbons (Fsp3) is 0.907. The minimum absolute atomic E-state index is 0.0444. The highest BCUT2D eigenvalue weighted by molar-refractivity contribution is 5.70. The summed E-state index contributed by atoms with van der Waals surface area (Å²) in [4.78, 5) is 37.0. The van der Waals surface area contributed by atoms with Gasteiger partial charge in [0.05, 0.1) is 40.3 Å². The second-order valence-electron chi connectivity index (χ2n) is 19.5. The van der Waals surface area contributed by atoms with E-state index in [4.69, 9.17) is 14.2 Å². The van der Waals surface area contributed by atoms with E-state index in [2.05, 4.69) is 26.0 Å². The third-order valence-corrected chi connectivity index (χ3v) is 12.4. The van der Waals surface area contributed by atoms with Gasteiger partial charge in [0.25, 0.3) is 0 Å². The van der Waals surface area contributed by atoms with E-state index in [9.17, 15) is 19.5 Å². The van der Waals surface area contributed by atoms with Crippen LogP contribution in [0.3, 0.4) is 0 Å². The summed E-state index contributed by atoms with van der Waals surface area (Å²) in [6.45, 7) is 4.70. The maximum atomic E-state index is 12.8. The summed E-state index contributed by atoms with van der Waals surface area (Å²) in [5.41, 5.74) is 0. The molecule has 62 heavy (non-hydrogen) atoms. The van der Waals surface area contributed by atoms with Gasteiger partial charge >= 0.3 is 11.9 Å². The lowest BCUT2D eigenvalue weighted by atomic mass is 10.0. The molecule has 0 aliphatic heterocycles. The Kier molecular flexibility index (Phi) is 44.2. The van der Waals surface area contributed by atoms with Crippen LogP contribution in [0.15, 0.2) is 12.2 Å². The van der Waals surface area contributed by atoms with Gasteiger partial charge in [-0.2, -0.15) is 0 Å². The molecule has 0 saturated heterocycles. The first-order valence-electron chi connectivity index (χ1n) is 26.7. The van der Waals surface area contributed by atoms with Gasteiger partial charge in [0, 0.05) is 19.3 Å². The highest BCUT2D eigenvalue weighted by Gasteiger charge is 2.25. The zero-order chi connectivity index (χ0) is 45.6. The van der Waals surface area contributed by atoms with Crippen molar-refractivity contribution in [1.82, 2.24) is 0 Å². The third-order valence-electron chi connectivity index (χ3n) is 12.4. The van der Waals surface area contributed by atoms with Crippen LogP contribution in [0.1, 0.15) is 264 Å². The van der Waals surface area contributed by atoms with E-state index in [1.54, 1.807) is 0 Å². The van der Waals surface area contributed by atoms with Crippen molar-refractivity contribution in [1.29, 1.82) is 0 Å². The molecular formula is C54H103NO7. The molecule has 0 amide bonds. The topological polar surface area (TPSA) is 102 Å². The van der Waals surface area contributed by atoms with Crippen LogP contribution >= 0.6 is 0 Å². The molecule has 0 spiro atoms. The van der Waals surface area contributed by atoms with Gasteiger partial charge in [-0.3, -0.25) is 9.59 Å². The van der Waals surface area contributed by atoms with Crippen LogP contribution in [-0.4, -0.2) is 75.5 Å². The fourth-order valence-corrected chi connectivity index (χ4v) is 8.25. The number of nitrogens with zero attached hydrogens (tertiary/aromatic N) is 1. The molecule has 8 nitrogen and oxygen atoms in total. The molecule has 0 aromatic heterocycles. The van der Waals surface area contributed by atoms with Gasteiger partial charge in [-0.1, -0.05) is 219 Å². The Morgan fingerprint density at radius 1 is 0.468 bits per heavy atom. The predicted octanol–water partition coefficient (Wildman–Crippen LogP) is 14.1. The minimum atomic E-state index is -1.12. The molecule has 0 radical (unpaired) electrons. The number of unbranched alkanes of at least 4 members (excludes halogenated alkanes) is 33. The minimum Gasteiger partial charge on any atom is -0.544 e. The number of esters is 2. The third kappa shape index (κ3) is 43.3. The largest absolute Gasteiger partial charge is 0.544 e. The van der Waals surface area contributed by atoms with Crippen LogP contribution in [0.4, 0.5) is 0 Å². The van der Waals surface area contributed by atoms with Crippen molar-refractivity contribution in [2.75, 3.05) is 41.0 Å². The van der Waals surface area contributed by atoms with Gasteiger partial charge in [-0.05, 0) is 38.5 Å². The predicted molar refractivity (Wildman–Crippen MR) is 259 cm³/mol. The molecular weight excluding hydrogens is 775 g/mol. The molecule has 8 heteroatoms. The van der Waals surface area contributed by atoms with E-state index in [1.807, 2.05) is 21.1 Å². The number of hydrogen-bond donors (Lipinski definition) is 0. The number of quaternary nitrogens is 1. The normalized spacial score (nSPS) is 12.9. The van der Waals surface area contributed by atoms with Crippen molar-refractivity contribution in [2.24, 2.45) is 0 Å². The SMILES string of the molecule is CCCCCCCCC/C=C/CCCCCCCC(=O)OCC(COCCC(C(=O)[O-])[N+](C)(C)C)OC(=O)CCCCCCCCCCCCCCCCCCCCCCCC. The molecule has 0 aliphatic carbocycles. The van der Waals surface area contributed by atoms with Gasteiger partial charge in [0.2, 0.25) is 0 Å². The van der Waals surface area contributed by atoms with Crippen molar-refractivity contribution in [3.63, 3.8) is 0 Å². The molecule has 0 aliphatic rings. The van der Waals surface area contributed by atoms with Crippen LogP contribution < -0.4 is 5.11 Å². The number of allylic oxidation sites excluding steroid dienone is 2. The monoisotopic (exact) mass is 878 g/mol. The van der Waals surface area contributed by atoms with Crippen LogP contribution in [0.5, 0.6) is 0 Å². The summed E-state index contributed by atoms with van der Waals surface area (Å²) < 4.78 is 17.3. The van der Waals surface area contributed by atoms with Crippen molar-refractivity contribution in [2.45, 2.75) is 276 Å². The summed E-state index contributed by atoms with van der Waals surface area (Å²) in [5.74, 6) is -1.72. The molecule has 0 fully saturated rings. The van der Waals surface area contributed by atoms with E-state index < -0.39 is 18.1 Å². The lowest BCUT2D eigenvalue weighted by Gasteiger charge is -2.34. The summed E-state index contributed by atoms with van der Waals surface area (Å²) in [6.07, 6.45) is 51.0. The number of carboxylic acids is 1. The lowest BCUT2D eigenvalue weighted by molar-refractivity contribution is -0.889. The first kappa shape index (κ1) is 60.1. The smallest absolute Gasteiger partial charge is 0.306 e. The molecule has 0 aromatic carbocycles. The van der Waals surface area contributed by atoms with E-state index >= 15 is 0 Å². The van der Waals surface area contributed by atoms with E-state index in [0.29, 0.717) is 12.8 Å². The maximum Gasteiger partial charge on any atom is 0.306 e. The van der Waals surface area contributed by atoms with Crippen molar-refractivity contribution >= 4 is 17.9 Å². The zero-order valence-electron chi connectivity index (χ0n) is 41.8. The Balaban J connectivity index is 4.17. The Morgan fingerprint density at radius 3 is 1.16 bits per heavy atom. The van der Waals surface area contributed by atoms with Crippen molar-refractivity contribution in [3.05, 3.63) is 12.2 Å². The standard InChI is InChI=1S/C54H103NO7/c1-6-8-10-12-14-16-18-20-22-24-25-26-27-28-29-31-33-35-37-39-41-43-45-53(57)62-50(48-60-47-46-51(54(58)59)55(3,4)5)49-61-52(56)44-42-40-38-36-34-32-30-23-21-19-17-15-13-11-9-7-2/h23,30,50-51H,6-22,24-29,31-49H2,1-5H3/b30-23+. The molecule has 0 saturated carbocycles. The molecule has 0 aromatic rings. The van der Waals surface area contributed by atoms with Gasteiger partial charge in [-0.25, -0.2) is 0 Å². The fourth-order valence-electron chi connectivity index (χ4n) is 8.25. The number of rotatable bonds is 49. The highest BCUT2D eigenvalue weighted by atomic mass is 16.6. The van der Waals surface area contributed by atoms with E-state index in [1.165, 1.54) is 186 Å². The summed E-state index contributed by atoms with van der Waals surface area (Å²) >= 11 is 0. The number of carbonyl (C=O) groups is 3. The summed E-state index contributed by atoms with van der Waals surface area (Å²) in [6, 6.07) is -0.723. The number of carboxylic acid groups (broad SMARTS) is 1. The summed E-state index contributed by atoms with van der Waals surface area (Å²) in [5, 5.41) is 11.7. The number of hydrogen-bond acceptors (Lipinski definition) is 7. The Hall–Kier alpha value is -1.93. The van der Waals surface area contributed by atoms with Crippen molar-refractivity contribution in [3.8, 4) is 0 Å². The Morgan fingerprint density at radius 2 is 0.806 bits per heavy atom. The number of carbonyl (C=O) groups excluding carboxylic acids is 3. The average molecular weight is 878 g/mol. The number of likely N-dealkylation sites (N-methyl/N-ethyl adjacent to an activating group) is 1. The maximum absolute atomic E-state index is 12.8. The zero-order valence-corrected chi connectivity index (χ0v) is 41.8. The van der Waals surface area contributed by atoms with Gasteiger partial charge in [0.15, 0.2) is 6.10 Å². The molecule has 366 valence electrons. The van der Waals surface area contributed by atoms with Crippen molar-refractivity contribution < 1.29 is 38.2 Å².